The minimum Gasteiger partial charge on any atom is -0.493 e. The first-order valence-electron chi connectivity index (χ1n) is 10.9. The zero-order valence-corrected chi connectivity index (χ0v) is 18.9. The van der Waals surface area contributed by atoms with Gasteiger partial charge in [-0.3, -0.25) is 9.37 Å². The van der Waals surface area contributed by atoms with Gasteiger partial charge in [0, 0.05) is 12.8 Å². The molecule has 0 aromatic heterocycles. The van der Waals surface area contributed by atoms with Gasteiger partial charge in [0.15, 0.2) is 0 Å². The van der Waals surface area contributed by atoms with Gasteiger partial charge in [-0.15, -0.1) is 0 Å². The number of hydrogen-bond donors (Lipinski definition) is 1. The highest BCUT2D eigenvalue weighted by Gasteiger charge is 2.25. The van der Waals surface area contributed by atoms with Gasteiger partial charge in [0.2, 0.25) is 0 Å². The van der Waals surface area contributed by atoms with Gasteiger partial charge in [0.1, 0.15) is 18.0 Å². The normalized spacial score (nSPS) is 13.3. The minimum atomic E-state index is -0.743. The largest absolute Gasteiger partial charge is 0.493 e. The number of anilines is 1. The maximum absolute atomic E-state index is 10.6. The van der Waals surface area contributed by atoms with E-state index >= 15 is 0 Å². The highest BCUT2D eigenvalue weighted by atomic mass is 32.2. The van der Waals surface area contributed by atoms with Crippen molar-refractivity contribution in [3.63, 3.8) is 0 Å². The van der Waals surface area contributed by atoms with E-state index < -0.39 is 5.97 Å². The summed E-state index contributed by atoms with van der Waals surface area (Å²) in [6, 6.07) is 18.5. The second kappa shape index (κ2) is 12.2. The lowest BCUT2D eigenvalue weighted by Gasteiger charge is -2.22. The Kier molecular flexibility index (Phi) is 9.03. The number of carboxylic acid groups (broad SMARTS) is 1. The van der Waals surface area contributed by atoms with Crippen LogP contribution < -0.4 is 9.64 Å². The van der Waals surface area contributed by atoms with E-state index in [1.807, 2.05) is 30.3 Å². The van der Waals surface area contributed by atoms with Crippen LogP contribution in [0.15, 0.2) is 66.1 Å². The molecule has 0 radical (unpaired) electrons. The number of para-hydroxylation sites is 1. The Hall–Kier alpha value is -2.73. The van der Waals surface area contributed by atoms with Crippen LogP contribution in [0.3, 0.4) is 0 Å². The Morgan fingerprint density at radius 3 is 2.61 bits per heavy atom. The number of carbonyl (C=O) groups is 1. The number of carboxylic acids is 1. The predicted molar refractivity (Wildman–Crippen MR) is 128 cm³/mol. The number of aryl methyl sites for hydroxylation is 1. The molecule has 2 aromatic carbocycles. The molecule has 1 aliphatic rings. The summed E-state index contributed by atoms with van der Waals surface area (Å²) in [5.74, 6) is 0.110. The quantitative estimate of drug-likeness (QED) is 0.394. The average molecular weight is 440 g/mol. The van der Waals surface area contributed by atoms with Crippen molar-refractivity contribution in [2.45, 2.75) is 32.6 Å². The molecule has 5 nitrogen and oxygen atoms in total. The first-order valence-corrected chi connectivity index (χ1v) is 11.7. The van der Waals surface area contributed by atoms with E-state index in [1.165, 1.54) is 10.9 Å². The monoisotopic (exact) mass is 439 g/mol. The average Bonchev–Trinajstić information content (AvgIpc) is 2.80. The lowest BCUT2D eigenvalue weighted by molar-refractivity contribution is -0.512. The molecule has 0 spiro atoms. The van der Waals surface area contributed by atoms with E-state index in [0.717, 1.165) is 43.8 Å². The summed E-state index contributed by atoms with van der Waals surface area (Å²) < 4.78 is 8.36. The number of ether oxygens (including phenoxy) is 1. The van der Waals surface area contributed by atoms with Gasteiger partial charge < -0.3 is 9.84 Å². The smallest absolute Gasteiger partial charge is 0.318 e. The van der Waals surface area contributed by atoms with Crippen LogP contribution in [0.2, 0.25) is 0 Å². The minimum absolute atomic E-state index is 0.207. The zero-order chi connectivity index (χ0) is 21.9. The number of rotatable bonds is 11. The molecule has 2 aromatic rings. The third kappa shape index (κ3) is 7.17. The number of benzene rings is 2. The van der Waals surface area contributed by atoms with E-state index in [0.29, 0.717) is 13.0 Å². The van der Waals surface area contributed by atoms with Crippen molar-refractivity contribution >= 4 is 28.6 Å². The van der Waals surface area contributed by atoms with E-state index in [9.17, 15) is 4.79 Å². The summed E-state index contributed by atoms with van der Waals surface area (Å²) in [4.78, 5) is 13.0. The summed E-state index contributed by atoms with van der Waals surface area (Å²) >= 11 is 1.77. The number of thioether (sulfide) groups is 1. The predicted octanol–water partition coefficient (Wildman–Crippen LogP) is 5.02. The van der Waals surface area contributed by atoms with Crippen molar-refractivity contribution in [1.29, 1.82) is 0 Å². The van der Waals surface area contributed by atoms with E-state index in [2.05, 4.69) is 52.1 Å². The first-order chi connectivity index (χ1) is 15.2. The van der Waals surface area contributed by atoms with Gasteiger partial charge in [-0.25, -0.2) is 4.90 Å². The molecule has 0 fully saturated rings. The van der Waals surface area contributed by atoms with Crippen LogP contribution in [0, 0.1) is 0 Å². The van der Waals surface area contributed by atoms with Crippen LogP contribution in [0.25, 0.3) is 0 Å². The fraction of sp³-hybridized carbons (Fsp3) is 0.360. The molecule has 0 atom stereocenters. The molecule has 1 aliphatic heterocycles. The SMILES string of the molecule is CC[N+]1=C(N(CCCOc2ccc(CCCC(=O)O)cc2)c2ccccc2)SC=CC1. The lowest BCUT2D eigenvalue weighted by atomic mass is 10.1. The van der Waals surface area contributed by atoms with E-state index in [-0.39, 0.29) is 6.42 Å². The molecule has 31 heavy (non-hydrogen) atoms. The second-order valence-corrected chi connectivity index (χ2v) is 8.26. The molecule has 6 heteroatoms. The summed E-state index contributed by atoms with van der Waals surface area (Å²) in [7, 11) is 0. The van der Waals surface area contributed by atoms with Crippen LogP contribution in [0.4, 0.5) is 5.69 Å². The molecule has 0 amide bonds. The number of amidine groups is 1. The number of likely N-dealkylation sites (N-methyl/N-ethyl adjacent to an activating group) is 1. The van der Waals surface area contributed by atoms with Crippen molar-refractivity contribution in [3.05, 3.63) is 71.6 Å². The molecule has 0 unspecified atom stereocenters. The van der Waals surface area contributed by atoms with Crippen molar-refractivity contribution < 1.29 is 19.2 Å². The highest BCUT2D eigenvalue weighted by molar-refractivity contribution is 8.16. The third-order valence-electron chi connectivity index (χ3n) is 5.12. The van der Waals surface area contributed by atoms with Gasteiger partial charge in [-0.1, -0.05) is 30.3 Å². The molecule has 0 aliphatic carbocycles. The van der Waals surface area contributed by atoms with Crippen LogP contribution in [0.1, 0.15) is 31.7 Å². The van der Waals surface area contributed by atoms with Gasteiger partial charge in [0.25, 0.3) is 0 Å². The zero-order valence-electron chi connectivity index (χ0n) is 18.1. The van der Waals surface area contributed by atoms with Crippen LogP contribution >= 0.6 is 11.8 Å². The van der Waals surface area contributed by atoms with Crippen molar-refractivity contribution in [2.75, 3.05) is 31.1 Å². The fourth-order valence-electron chi connectivity index (χ4n) is 3.48. The Balaban J connectivity index is 1.54. The molecule has 1 N–H and O–H groups in total. The first kappa shape index (κ1) is 22.9. The molecule has 1 heterocycles. The summed E-state index contributed by atoms with van der Waals surface area (Å²) in [6.07, 6.45) is 4.75. The van der Waals surface area contributed by atoms with Crippen LogP contribution in [-0.4, -0.2) is 47.1 Å². The van der Waals surface area contributed by atoms with Crippen LogP contribution in [-0.2, 0) is 11.2 Å². The van der Waals surface area contributed by atoms with Gasteiger partial charge >= 0.3 is 11.1 Å². The Labute approximate surface area is 189 Å². The topological polar surface area (TPSA) is 52.8 Å². The fourth-order valence-corrected chi connectivity index (χ4v) is 4.46. The standard InChI is InChI=1S/C25H30N2O3S/c1-2-26-17-8-20-31-25(26)27(22-10-4-3-5-11-22)18-7-19-30-23-15-13-21(14-16-23)9-6-12-24(28)29/h3-5,8,10-11,13-16,20H,2,6-7,9,12,17-19H2,1H3/p+1. The molecule has 0 saturated heterocycles. The maximum atomic E-state index is 10.6. The summed E-state index contributed by atoms with van der Waals surface area (Å²) in [6.45, 7) is 5.63. The Bertz CT molecular complexity index is 895. The molecule has 0 bridgehead atoms. The van der Waals surface area contributed by atoms with Gasteiger partial charge in [-0.05, 0) is 72.8 Å². The molecule has 164 valence electrons. The lowest BCUT2D eigenvalue weighted by Crippen LogP contribution is -2.38. The van der Waals surface area contributed by atoms with Crippen molar-refractivity contribution in [3.8, 4) is 5.75 Å². The van der Waals surface area contributed by atoms with Crippen molar-refractivity contribution in [2.24, 2.45) is 0 Å². The maximum Gasteiger partial charge on any atom is 0.318 e. The van der Waals surface area contributed by atoms with Gasteiger partial charge in [0.05, 0.1) is 19.7 Å². The molecule has 3 rings (SSSR count). The molecular weight excluding hydrogens is 408 g/mol. The third-order valence-corrected chi connectivity index (χ3v) is 6.14. The number of hydrogen-bond acceptors (Lipinski definition) is 4. The number of nitrogens with zero attached hydrogens (tertiary/aromatic N) is 2. The number of aliphatic carboxylic acids is 1. The summed E-state index contributed by atoms with van der Waals surface area (Å²) in [5.41, 5.74) is 2.34. The van der Waals surface area contributed by atoms with Crippen LogP contribution in [0.5, 0.6) is 5.75 Å². The molecule has 0 saturated carbocycles. The second-order valence-electron chi connectivity index (χ2n) is 7.39. The molecular formula is C25H31N2O3S+. The Morgan fingerprint density at radius 1 is 1.13 bits per heavy atom. The Morgan fingerprint density at radius 2 is 1.90 bits per heavy atom. The highest BCUT2D eigenvalue weighted by Crippen LogP contribution is 2.22. The van der Waals surface area contributed by atoms with E-state index in [4.69, 9.17) is 9.84 Å². The van der Waals surface area contributed by atoms with Gasteiger partial charge in [-0.2, -0.15) is 0 Å². The van der Waals surface area contributed by atoms with Crippen molar-refractivity contribution in [1.82, 2.24) is 0 Å². The summed E-state index contributed by atoms with van der Waals surface area (Å²) in [5, 5.41) is 12.2. The van der Waals surface area contributed by atoms with E-state index in [1.54, 1.807) is 11.8 Å².